The molecule has 0 radical (unpaired) electrons. The molecule has 24 heavy (non-hydrogen) atoms. The van der Waals surface area contributed by atoms with Gasteiger partial charge in [0.25, 0.3) is 0 Å². The van der Waals surface area contributed by atoms with Crippen molar-refractivity contribution in [3.05, 3.63) is 35.9 Å². The van der Waals surface area contributed by atoms with Crippen LogP contribution in [0.1, 0.15) is 32.8 Å². The Morgan fingerprint density at radius 1 is 1.08 bits per heavy atom. The van der Waals surface area contributed by atoms with E-state index in [1.54, 1.807) is 0 Å². The van der Waals surface area contributed by atoms with E-state index in [9.17, 15) is 14.4 Å². The summed E-state index contributed by atoms with van der Waals surface area (Å²) in [5.74, 6) is -1.26. The maximum atomic E-state index is 12.1. The van der Waals surface area contributed by atoms with Gasteiger partial charge in [0.2, 0.25) is 0 Å². The highest BCUT2D eigenvalue weighted by Crippen LogP contribution is 2.09. The molecular formula is C18H26N2O4. The number of benzene rings is 1. The van der Waals surface area contributed by atoms with Gasteiger partial charge in [-0.1, -0.05) is 51.1 Å². The smallest absolute Gasteiger partial charge is 0.326 e. The van der Waals surface area contributed by atoms with Crippen LogP contribution >= 0.6 is 0 Å². The van der Waals surface area contributed by atoms with Gasteiger partial charge < -0.3 is 15.7 Å². The van der Waals surface area contributed by atoms with Crippen molar-refractivity contribution in [1.82, 2.24) is 10.6 Å². The van der Waals surface area contributed by atoms with Crippen molar-refractivity contribution in [2.75, 3.05) is 6.54 Å². The Morgan fingerprint density at radius 2 is 1.71 bits per heavy atom. The van der Waals surface area contributed by atoms with E-state index in [2.05, 4.69) is 10.6 Å². The molecule has 6 heteroatoms. The Morgan fingerprint density at radius 3 is 2.25 bits per heavy atom. The quantitative estimate of drug-likeness (QED) is 0.645. The number of urea groups is 1. The number of ketones is 1. The van der Waals surface area contributed by atoms with Crippen LogP contribution in [-0.2, 0) is 16.0 Å². The molecule has 0 saturated carbocycles. The number of Topliss-reactive ketones (excluding diaryl/α,β-unsaturated/α-hetero) is 1. The van der Waals surface area contributed by atoms with Crippen molar-refractivity contribution >= 4 is 17.8 Å². The van der Waals surface area contributed by atoms with E-state index in [0.717, 1.165) is 5.56 Å². The first kappa shape index (κ1) is 19.7. The van der Waals surface area contributed by atoms with Crippen LogP contribution in [0.3, 0.4) is 0 Å². The van der Waals surface area contributed by atoms with Crippen LogP contribution in [0.2, 0.25) is 0 Å². The number of carbonyl (C=O) groups is 3. The lowest BCUT2D eigenvalue weighted by Crippen LogP contribution is -2.48. The Labute approximate surface area is 142 Å². The predicted molar refractivity (Wildman–Crippen MR) is 91.7 cm³/mol. The first-order valence-corrected chi connectivity index (χ1v) is 8.13. The first-order valence-electron chi connectivity index (χ1n) is 8.13. The number of aliphatic carboxylic acids is 1. The number of carboxylic acid groups (broad SMARTS) is 1. The van der Waals surface area contributed by atoms with Gasteiger partial charge in [-0.2, -0.15) is 0 Å². The average Bonchev–Trinajstić information content (AvgIpc) is 2.52. The second-order valence-corrected chi connectivity index (χ2v) is 6.40. The molecule has 1 rings (SSSR count). The molecule has 0 aromatic heterocycles. The molecule has 0 aliphatic carbocycles. The maximum Gasteiger partial charge on any atom is 0.326 e. The fraction of sp³-hybridized carbons (Fsp3) is 0.500. The zero-order valence-corrected chi connectivity index (χ0v) is 14.4. The van der Waals surface area contributed by atoms with Gasteiger partial charge in [-0.05, 0) is 24.3 Å². The molecule has 0 heterocycles. The van der Waals surface area contributed by atoms with Gasteiger partial charge in [0.15, 0.2) is 5.78 Å². The number of hydrogen-bond acceptors (Lipinski definition) is 3. The fourth-order valence-electron chi connectivity index (χ4n) is 2.33. The summed E-state index contributed by atoms with van der Waals surface area (Å²) in [5, 5.41) is 13.9. The van der Waals surface area contributed by atoms with E-state index in [1.165, 1.54) is 0 Å². The molecular weight excluding hydrogens is 308 g/mol. The van der Waals surface area contributed by atoms with Gasteiger partial charge in [-0.3, -0.25) is 4.79 Å². The molecule has 0 fully saturated rings. The number of rotatable bonds is 9. The summed E-state index contributed by atoms with van der Waals surface area (Å²) in [6.07, 6.45) is 0.940. The van der Waals surface area contributed by atoms with E-state index < -0.39 is 18.0 Å². The Balaban J connectivity index is 2.42. The average molecular weight is 334 g/mol. The van der Waals surface area contributed by atoms with E-state index in [0.29, 0.717) is 12.8 Å². The molecule has 132 valence electrons. The maximum absolute atomic E-state index is 12.1. The van der Waals surface area contributed by atoms with E-state index in [4.69, 9.17) is 5.11 Å². The molecule has 3 N–H and O–H groups in total. The number of carbonyl (C=O) groups excluding carboxylic acids is 2. The van der Waals surface area contributed by atoms with Crippen LogP contribution in [0, 0.1) is 11.8 Å². The van der Waals surface area contributed by atoms with Crippen molar-refractivity contribution in [1.29, 1.82) is 0 Å². The molecule has 2 amide bonds. The predicted octanol–water partition coefficient (Wildman–Crippen LogP) is 2.23. The van der Waals surface area contributed by atoms with Crippen LogP contribution in [0.15, 0.2) is 30.3 Å². The summed E-state index contributed by atoms with van der Waals surface area (Å²) in [6, 6.07) is 8.06. The van der Waals surface area contributed by atoms with Crippen LogP contribution in [0.25, 0.3) is 0 Å². The molecule has 0 aliphatic heterocycles. The van der Waals surface area contributed by atoms with Crippen LogP contribution in [0.5, 0.6) is 0 Å². The lowest BCUT2D eigenvalue weighted by atomic mass is 9.97. The second kappa shape index (κ2) is 9.70. The SMILES string of the molecule is CC(C)C[C@H](NC(=O)NCC(=O)[C@@H](C)Cc1ccccc1)C(=O)O. The fourth-order valence-corrected chi connectivity index (χ4v) is 2.33. The highest BCUT2D eigenvalue weighted by molar-refractivity contribution is 5.88. The molecule has 0 bridgehead atoms. The number of hydrogen-bond donors (Lipinski definition) is 3. The standard InChI is InChI=1S/C18H26N2O4/c1-12(2)9-15(17(22)23)20-18(24)19-11-16(21)13(3)10-14-7-5-4-6-8-14/h4-8,12-13,15H,9-11H2,1-3H3,(H,22,23)(H2,19,20,24)/t13-,15-/m0/s1. The number of nitrogens with one attached hydrogen (secondary N) is 2. The normalized spacial score (nSPS) is 13.2. The molecule has 0 saturated heterocycles. The lowest BCUT2D eigenvalue weighted by Gasteiger charge is -2.17. The molecule has 6 nitrogen and oxygen atoms in total. The largest absolute Gasteiger partial charge is 0.480 e. The molecule has 1 aromatic rings. The zero-order valence-electron chi connectivity index (χ0n) is 14.4. The van der Waals surface area contributed by atoms with Gasteiger partial charge in [-0.25, -0.2) is 9.59 Å². The Hall–Kier alpha value is -2.37. The number of amides is 2. The van der Waals surface area contributed by atoms with E-state index in [-0.39, 0.29) is 24.2 Å². The van der Waals surface area contributed by atoms with Gasteiger partial charge >= 0.3 is 12.0 Å². The summed E-state index contributed by atoms with van der Waals surface area (Å²) in [5.41, 5.74) is 1.06. The highest BCUT2D eigenvalue weighted by Gasteiger charge is 2.21. The summed E-state index contributed by atoms with van der Waals surface area (Å²) < 4.78 is 0. The van der Waals surface area contributed by atoms with Crippen LogP contribution in [0.4, 0.5) is 4.79 Å². The first-order chi connectivity index (χ1) is 11.3. The molecule has 1 aromatic carbocycles. The van der Waals surface area contributed by atoms with Crippen LogP contribution in [-0.4, -0.2) is 35.5 Å². The van der Waals surface area contributed by atoms with Gasteiger partial charge in [0.05, 0.1) is 6.54 Å². The van der Waals surface area contributed by atoms with E-state index in [1.807, 2.05) is 51.1 Å². The van der Waals surface area contributed by atoms with Crippen molar-refractivity contribution in [2.45, 2.75) is 39.7 Å². The highest BCUT2D eigenvalue weighted by atomic mass is 16.4. The zero-order chi connectivity index (χ0) is 18.1. The van der Waals surface area contributed by atoms with Crippen molar-refractivity contribution in [3.63, 3.8) is 0 Å². The summed E-state index contributed by atoms with van der Waals surface area (Å²) >= 11 is 0. The van der Waals surface area contributed by atoms with Crippen molar-refractivity contribution in [3.8, 4) is 0 Å². The third-order valence-corrected chi connectivity index (χ3v) is 3.67. The summed E-state index contributed by atoms with van der Waals surface area (Å²) in [7, 11) is 0. The van der Waals surface area contributed by atoms with Gasteiger partial charge in [0, 0.05) is 5.92 Å². The van der Waals surface area contributed by atoms with Crippen molar-refractivity contribution < 1.29 is 19.5 Å². The summed E-state index contributed by atoms with van der Waals surface area (Å²) in [4.78, 5) is 35.0. The van der Waals surface area contributed by atoms with Gasteiger partial charge in [0.1, 0.15) is 6.04 Å². The lowest BCUT2D eigenvalue weighted by molar-refractivity contribution is -0.139. The minimum Gasteiger partial charge on any atom is -0.480 e. The Bertz CT molecular complexity index is 557. The molecule has 2 atom stereocenters. The topological polar surface area (TPSA) is 95.5 Å². The molecule has 0 aliphatic rings. The molecule has 0 unspecified atom stereocenters. The third kappa shape index (κ3) is 7.26. The van der Waals surface area contributed by atoms with Crippen LogP contribution < -0.4 is 10.6 Å². The monoisotopic (exact) mass is 334 g/mol. The summed E-state index contributed by atoms with van der Waals surface area (Å²) in [6.45, 7) is 5.45. The van der Waals surface area contributed by atoms with E-state index >= 15 is 0 Å². The minimum atomic E-state index is -1.08. The van der Waals surface area contributed by atoms with Gasteiger partial charge in [-0.15, -0.1) is 0 Å². The molecule has 0 spiro atoms. The minimum absolute atomic E-state index is 0.0928. The second-order valence-electron chi connectivity index (χ2n) is 6.40. The van der Waals surface area contributed by atoms with Crippen molar-refractivity contribution in [2.24, 2.45) is 11.8 Å². The number of carboxylic acids is 1. The third-order valence-electron chi connectivity index (χ3n) is 3.67. The Kier molecular flexibility index (Phi) is 7.95.